The summed E-state index contributed by atoms with van der Waals surface area (Å²) in [6.45, 7) is 4.86. The molecule has 0 amide bonds. The molecule has 22 heavy (non-hydrogen) atoms. The third kappa shape index (κ3) is 3.88. The van der Waals surface area contributed by atoms with E-state index in [9.17, 15) is 8.42 Å². The quantitative estimate of drug-likeness (QED) is 0.796. The number of ether oxygens (including phenoxy) is 1. The Balaban J connectivity index is 0.00000242. The minimum absolute atomic E-state index is 0. The summed E-state index contributed by atoms with van der Waals surface area (Å²) >= 11 is 9.31. The predicted octanol–water partition coefficient (Wildman–Crippen LogP) is 2.90. The first kappa shape index (κ1) is 20.0. The Labute approximate surface area is 150 Å². The maximum absolute atomic E-state index is 13.0. The van der Waals surface area contributed by atoms with Gasteiger partial charge in [0, 0.05) is 30.2 Å². The highest BCUT2D eigenvalue weighted by Gasteiger charge is 2.35. The number of methoxy groups -OCH3 is 1. The van der Waals surface area contributed by atoms with Gasteiger partial charge in [-0.1, -0.05) is 11.6 Å². The number of rotatable bonds is 3. The molecule has 0 bridgehead atoms. The van der Waals surface area contributed by atoms with Crippen molar-refractivity contribution in [2.45, 2.75) is 30.8 Å². The molecule has 2 unspecified atom stereocenters. The van der Waals surface area contributed by atoms with Gasteiger partial charge >= 0.3 is 0 Å². The van der Waals surface area contributed by atoms with Crippen molar-refractivity contribution in [3.05, 3.63) is 21.6 Å². The van der Waals surface area contributed by atoms with Crippen LogP contribution >= 0.6 is 39.9 Å². The van der Waals surface area contributed by atoms with Gasteiger partial charge in [0.05, 0.1) is 11.6 Å². The summed E-state index contributed by atoms with van der Waals surface area (Å²) in [7, 11) is -2.24. The van der Waals surface area contributed by atoms with Gasteiger partial charge in [-0.25, -0.2) is 8.42 Å². The van der Waals surface area contributed by atoms with Crippen LogP contribution in [-0.4, -0.2) is 45.0 Å². The van der Waals surface area contributed by atoms with E-state index in [0.29, 0.717) is 22.6 Å². The highest BCUT2D eigenvalue weighted by molar-refractivity contribution is 9.10. The molecular weight excluding hydrogens is 415 g/mol. The molecule has 0 saturated carbocycles. The lowest BCUT2D eigenvalue weighted by Gasteiger charge is -2.36. The third-order valence-electron chi connectivity index (χ3n) is 3.47. The van der Waals surface area contributed by atoms with Crippen molar-refractivity contribution in [2.24, 2.45) is 0 Å². The molecule has 126 valence electrons. The summed E-state index contributed by atoms with van der Waals surface area (Å²) in [4.78, 5) is 0.0883. The van der Waals surface area contributed by atoms with Crippen molar-refractivity contribution in [3.63, 3.8) is 0 Å². The zero-order chi connectivity index (χ0) is 15.8. The number of sulfonamides is 1. The van der Waals surface area contributed by atoms with Crippen LogP contribution in [0.25, 0.3) is 0 Å². The van der Waals surface area contributed by atoms with Crippen LogP contribution in [0.2, 0.25) is 5.02 Å². The average Bonchev–Trinajstić information content (AvgIpc) is 2.40. The fourth-order valence-electron chi connectivity index (χ4n) is 2.38. The zero-order valence-corrected chi connectivity index (χ0v) is 16.4. The Hall–Kier alpha value is -0.0500. The number of hydrogen-bond donors (Lipinski definition) is 1. The first-order chi connectivity index (χ1) is 9.77. The van der Waals surface area contributed by atoms with Gasteiger partial charge < -0.3 is 10.1 Å². The van der Waals surface area contributed by atoms with E-state index in [1.54, 1.807) is 6.07 Å². The monoisotopic (exact) mass is 432 g/mol. The maximum atomic E-state index is 13.0. The van der Waals surface area contributed by atoms with Crippen LogP contribution in [-0.2, 0) is 10.0 Å². The van der Waals surface area contributed by atoms with Gasteiger partial charge in [-0.15, -0.1) is 12.4 Å². The fraction of sp³-hybridized carbons (Fsp3) is 0.538. The molecule has 1 fully saturated rings. The van der Waals surface area contributed by atoms with Crippen molar-refractivity contribution in [1.29, 1.82) is 0 Å². The Morgan fingerprint density at radius 1 is 1.41 bits per heavy atom. The second kappa shape index (κ2) is 7.68. The van der Waals surface area contributed by atoms with E-state index in [-0.39, 0.29) is 35.1 Å². The fourth-order valence-corrected chi connectivity index (χ4v) is 5.47. The first-order valence-electron chi connectivity index (χ1n) is 6.55. The summed E-state index contributed by atoms with van der Waals surface area (Å²) in [5.41, 5.74) is 0. The van der Waals surface area contributed by atoms with Crippen LogP contribution < -0.4 is 10.1 Å². The Bertz CT molecular complexity index is 642. The Morgan fingerprint density at radius 3 is 2.64 bits per heavy atom. The molecule has 1 aromatic carbocycles. The molecule has 0 aliphatic carbocycles. The normalized spacial score (nSPS) is 23.0. The number of benzene rings is 1. The van der Waals surface area contributed by atoms with E-state index < -0.39 is 10.0 Å². The average molecular weight is 434 g/mol. The van der Waals surface area contributed by atoms with Crippen LogP contribution in [0.5, 0.6) is 5.75 Å². The molecule has 1 aliphatic rings. The molecule has 2 rings (SSSR count). The molecule has 0 radical (unpaired) electrons. The summed E-state index contributed by atoms with van der Waals surface area (Å²) in [6, 6.07) is 3.02. The lowest BCUT2D eigenvalue weighted by atomic mass is 10.2. The first-order valence-corrected chi connectivity index (χ1v) is 9.16. The molecule has 1 N–H and O–H groups in total. The topological polar surface area (TPSA) is 58.6 Å². The third-order valence-corrected chi connectivity index (χ3v) is 6.26. The predicted molar refractivity (Wildman–Crippen MR) is 93.8 cm³/mol. The van der Waals surface area contributed by atoms with Crippen LogP contribution in [0, 0.1) is 0 Å². The van der Waals surface area contributed by atoms with Gasteiger partial charge in [0.15, 0.2) is 5.75 Å². The van der Waals surface area contributed by atoms with Crippen LogP contribution in [0.15, 0.2) is 21.5 Å². The van der Waals surface area contributed by atoms with Crippen molar-refractivity contribution >= 4 is 50.0 Å². The number of nitrogens with one attached hydrogen (secondary N) is 1. The molecule has 0 spiro atoms. The molecule has 1 saturated heterocycles. The number of halogens is 3. The van der Waals surface area contributed by atoms with Crippen molar-refractivity contribution in [2.75, 3.05) is 20.2 Å². The van der Waals surface area contributed by atoms with E-state index in [0.717, 1.165) is 0 Å². The standard InChI is InChI=1S/C13H18BrClN2O3S.ClH/c1-8-7-17(9(2)6-16-8)21(18,19)12-5-10(15)4-11(14)13(12)20-3;/h4-5,8-9,16H,6-7H2,1-3H3;1H. The largest absolute Gasteiger partial charge is 0.494 e. The molecule has 0 aromatic heterocycles. The lowest BCUT2D eigenvalue weighted by molar-refractivity contribution is 0.244. The van der Waals surface area contributed by atoms with Crippen molar-refractivity contribution in [1.82, 2.24) is 9.62 Å². The molecular formula is C13H19BrCl2N2O3S. The summed E-state index contributed by atoms with van der Waals surface area (Å²) in [6.07, 6.45) is 0. The summed E-state index contributed by atoms with van der Waals surface area (Å²) < 4.78 is 33.2. The highest BCUT2D eigenvalue weighted by atomic mass is 79.9. The summed E-state index contributed by atoms with van der Waals surface area (Å²) in [5.74, 6) is 0.276. The maximum Gasteiger partial charge on any atom is 0.247 e. The molecule has 1 heterocycles. The number of hydrogen-bond acceptors (Lipinski definition) is 4. The van der Waals surface area contributed by atoms with E-state index >= 15 is 0 Å². The van der Waals surface area contributed by atoms with Crippen LogP contribution in [0.1, 0.15) is 13.8 Å². The Morgan fingerprint density at radius 2 is 2.05 bits per heavy atom. The molecule has 1 aliphatic heterocycles. The minimum atomic E-state index is -3.68. The second-order valence-corrected chi connectivity index (χ2v) is 8.30. The Kier molecular flexibility index (Phi) is 6.98. The van der Waals surface area contributed by atoms with Crippen LogP contribution in [0.3, 0.4) is 0 Å². The van der Waals surface area contributed by atoms with E-state index in [1.165, 1.54) is 17.5 Å². The van der Waals surface area contributed by atoms with Gasteiger partial charge in [-0.2, -0.15) is 4.31 Å². The lowest BCUT2D eigenvalue weighted by Crippen LogP contribution is -2.56. The van der Waals surface area contributed by atoms with Crippen LogP contribution in [0.4, 0.5) is 0 Å². The highest BCUT2D eigenvalue weighted by Crippen LogP contribution is 2.37. The second-order valence-electron chi connectivity index (χ2n) is 5.15. The van der Waals surface area contributed by atoms with Crippen molar-refractivity contribution in [3.8, 4) is 5.75 Å². The minimum Gasteiger partial charge on any atom is -0.494 e. The van der Waals surface area contributed by atoms with E-state index in [4.69, 9.17) is 16.3 Å². The zero-order valence-electron chi connectivity index (χ0n) is 12.5. The molecule has 9 heteroatoms. The number of piperazine rings is 1. The smallest absolute Gasteiger partial charge is 0.247 e. The van der Waals surface area contributed by atoms with E-state index in [1.807, 2.05) is 13.8 Å². The van der Waals surface area contributed by atoms with Crippen molar-refractivity contribution < 1.29 is 13.2 Å². The molecule has 5 nitrogen and oxygen atoms in total. The van der Waals surface area contributed by atoms with Gasteiger partial charge in [0.2, 0.25) is 10.0 Å². The van der Waals surface area contributed by atoms with Gasteiger partial charge in [0.25, 0.3) is 0 Å². The van der Waals surface area contributed by atoms with Gasteiger partial charge in [-0.05, 0) is 41.9 Å². The molecule has 1 aromatic rings. The van der Waals surface area contributed by atoms with E-state index in [2.05, 4.69) is 21.2 Å². The molecule has 2 atom stereocenters. The number of nitrogens with zero attached hydrogens (tertiary/aromatic N) is 1. The van der Waals surface area contributed by atoms with Gasteiger partial charge in [-0.3, -0.25) is 0 Å². The van der Waals surface area contributed by atoms with Gasteiger partial charge in [0.1, 0.15) is 4.90 Å². The summed E-state index contributed by atoms with van der Waals surface area (Å²) in [5, 5.41) is 3.61. The SMILES string of the molecule is COc1c(Br)cc(Cl)cc1S(=O)(=O)N1CC(C)NCC1C.Cl.